The van der Waals surface area contributed by atoms with Gasteiger partial charge in [-0.15, -0.1) is 10.2 Å². The van der Waals surface area contributed by atoms with Crippen LogP contribution in [0.3, 0.4) is 0 Å². The average Bonchev–Trinajstić information content (AvgIpc) is 3.24. The summed E-state index contributed by atoms with van der Waals surface area (Å²) in [7, 11) is 1.59. The lowest BCUT2D eigenvalue weighted by Crippen LogP contribution is -2.28. The van der Waals surface area contributed by atoms with Gasteiger partial charge in [-0.3, -0.25) is 19.5 Å². The van der Waals surface area contributed by atoms with Crippen molar-refractivity contribution in [3.63, 3.8) is 0 Å². The number of benzene rings is 1. The molecule has 0 radical (unpaired) electrons. The summed E-state index contributed by atoms with van der Waals surface area (Å²) < 4.78 is 7.01. The lowest BCUT2D eigenvalue weighted by Gasteiger charge is -2.17. The number of anilines is 2. The van der Waals surface area contributed by atoms with E-state index in [-0.39, 0.29) is 18.2 Å². The average molecular weight is 341 g/mol. The second-order valence-corrected chi connectivity index (χ2v) is 6.39. The SMILES string of the molecule is COc1ccc(N2CC(C(=O)Nc3nncn3C3CC3)CC2=O)cc1. The molecule has 2 amide bonds. The molecule has 4 rings (SSSR count). The summed E-state index contributed by atoms with van der Waals surface area (Å²) in [6.07, 6.45) is 3.98. The van der Waals surface area contributed by atoms with E-state index in [1.807, 2.05) is 16.7 Å². The van der Waals surface area contributed by atoms with Crippen molar-refractivity contribution < 1.29 is 14.3 Å². The van der Waals surface area contributed by atoms with E-state index in [4.69, 9.17) is 4.74 Å². The van der Waals surface area contributed by atoms with E-state index in [0.717, 1.165) is 24.3 Å². The molecule has 8 nitrogen and oxygen atoms in total. The van der Waals surface area contributed by atoms with Crippen LogP contribution in [0.2, 0.25) is 0 Å². The van der Waals surface area contributed by atoms with Crippen LogP contribution in [0, 0.1) is 5.92 Å². The highest BCUT2D eigenvalue weighted by atomic mass is 16.5. The van der Waals surface area contributed by atoms with Crippen LogP contribution in [-0.4, -0.2) is 40.2 Å². The minimum atomic E-state index is -0.404. The number of carbonyl (C=O) groups excluding carboxylic acids is 2. The maximum Gasteiger partial charge on any atom is 0.232 e. The van der Waals surface area contributed by atoms with Gasteiger partial charge in [-0.2, -0.15) is 0 Å². The summed E-state index contributed by atoms with van der Waals surface area (Å²) in [4.78, 5) is 26.5. The second kappa shape index (κ2) is 6.19. The fourth-order valence-electron chi connectivity index (χ4n) is 3.06. The first kappa shape index (κ1) is 15.6. The highest BCUT2D eigenvalue weighted by Gasteiger charge is 2.36. The lowest BCUT2D eigenvalue weighted by atomic mass is 10.1. The molecular formula is C17H19N5O3. The Morgan fingerprint density at radius 1 is 1.28 bits per heavy atom. The number of nitrogens with zero attached hydrogens (tertiary/aromatic N) is 4. The van der Waals surface area contributed by atoms with Gasteiger partial charge in [-0.1, -0.05) is 0 Å². The first-order valence-electron chi connectivity index (χ1n) is 8.30. The van der Waals surface area contributed by atoms with Crippen LogP contribution < -0.4 is 15.0 Å². The van der Waals surface area contributed by atoms with Gasteiger partial charge in [0.25, 0.3) is 0 Å². The van der Waals surface area contributed by atoms with Crippen LogP contribution in [0.1, 0.15) is 25.3 Å². The number of ether oxygens (including phenoxy) is 1. The van der Waals surface area contributed by atoms with Crippen LogP contribution in [0.15, 0.2) is 30.6 Å². The zero-order valence-corrected chi connectivity index (χ0v) is 13.9. The van der Waals surface area contributed by atoms with Crippen molar-refractivity contribution in [2.24, 2.45) is 5.92 Å². The van der Waals surface area contributed by atoms with Gasteiger partial charge in [-0.25, -0.2) is 0 Å². The Morgan fingerprint density at radius 3 is 2.72 bits per heavy atom. The first-order valence-corrected chi connectivity index (χ1v) is 8.30. The standard InChI is InChI=1S/C17H19N5O3/c1-25-14-6-4-12(5-7-14)21-9-11(8-15(21)23)16(24)19-17-20-18-10-22(17)13-2-3-13/h4-7,10-11,13H,2-3,8-9H2,1H3,(H,19,20,24). The minimum absolute atomic E-state index is 0.0611. The van der Waals surface area contributed by atoms with Crippen molar-refractivity contribution in [2.45, 2.75) is 25.3 Å². The topological polar surface area (TPSA) is 89.3 Å². The highest BCUT2D eigenvalue weighted by molar-refractivity contribution is 6.03. The van der Waals surface area contributed by atoms with E-state index in [1.54, 1.807) is 30.5 Å². The molecular weight excluding hydrogens is 322 g/mol. The summed E-state index contributed by atoms with van der Waals surface area (Å²) in [5, 5.41) is 10.7. The van der Waals surface area contributed by atoms with Crippen molar-refractivity contribution >= 4 is 23.5 Å². The van der Waals surface area contributed by atoms with Crippen LogP contribution in [-0.2, 0) is 9.59 Å². The highest BCUT2D eigenvalue weighted by Crippen LogP contribution is 2.36. The number of amides is 2. The minimum Gasteiger partial charge on any atom is -0.497 e. The third-order valence-corrected chi connectivity index (χ3v) is 4.63. The molecule has 2 aliphatic rings. The van der Waals surface area contributed by atoms with E-state index in [1.165, 1.54) is 0 Å². The Bertz CT molecular complexity index is 797. The van der Waals surface area contributed by atoms with Gasteiger partial charge in [0, 0.05) is 24.7 Å². The fourth-order valence-corrected chi connectivity index (χ4v) is 3.06. The van der Waals surface area contributed by atoms with Crippen LogP contribution in [0.5, 0.6) is 5.75 Å². The van der Waals surface area contributed by atoms with E-state index in [0.29, 0.717) is 18.5 Å². The number of nitrogens with one attached hydrogen (secondary N) is 1. The normalized spacial score (nSPS) is 20.0. The maximum absolute atomic E-state index is 12.5. The molecule has 1 aromatic heterocycles. The second-order valence-electron chi connectivity index (χ2n) is 6.39. The first-order chi connectivity index (χ1) is 12.2. The third-order valence-electron chi connectivity index (χ3n) is 4.63. The number of rotatable bonds is 5. The van der Waals surface area contributed by atoms with Crippen LogP contribution >= 0.6 is 0 Å². The van der Waals surface area contributed by atoms with Crippen molar-refractivity contribution in [2.75, 3.05) is 23.9 Å². The van der Waals surface area contributed by atoms with Gasteiger partial charge < -0.3 is 9.64 Å². The summed E-state index contributed by atoms with van der Waals surface area (Å²) in [5.41, 5.74) is 0.766. The zero-order valence-electron chi connectivity index (χ0n) is 13.9. The quantitative estimate of drug-likeness (QED) is 0.892. The molecule has 2 heterocycles. The Hall–Kier alpha value is -2.90. The van der Waals surface area contributed by atoms with Crippen LogP contribution in [0.25, 0.3) is 0 Å². The lowest BCUT2D eigenvalue weighted by molar-refractivity contribution is -0.122. The summed E-state index contributed by atoms with van der Waals surface area (Å²) in [6, 6.07) is 7.62. The molecule has 130 valence electrons. The molecule has 1 aromatic carbocycles. The van der Waals surface area contributed by atoms with Crippen molar-refractivity contribution in [1.29, 1.82) is 0 Å². The van der Waals surface area contributed by atoms with E-state index >= 15 is 0 Å². The molecule has 0 spiro atoms. The van der Waals surface area contributed by atoms with E-state index in [9.17, 15) is 9.59 Å². The van der Waals surface area contributed by atoms with Gasteiger partial charge in [0.15, 0.2) is 0 Å². The summed E-state index contributed by atoms with van der Waals surface area (Å²) in [6.45, 7) is 0.356. The predicted octanol–water partition coefficient (Wildman–Crippen LogP) is 1.61. The smallest absolute Gasteiger partial charge is 0.232 e. The molecule has 1 aliphatic heterocycles. The molecule has 1 saturated carbocycles. The molecule has 1 atom stereocenters. The van der Waals surface area contributed by atoms with Crippen molar-refractivity contribution in [1.82, 2.24) is 14.8 Å². The number of hydrogen-bond acceptors (Lipinski definition) is 5. The molecule has 25 heavy (non-hydrogen) atoms. The molecule has 1 aliphatic carbocycles. The monoisotopic (exact) mass is 341 g/mol. The Balaban J connectivity index is 1.43. The maximum atomic E-state index is 12.5. The van der Waals surface area contributed by atoms with Gasteiger partial charge >= 0.3 is 0 Å². The van der Waals surface area contributed by atoms with Gasteiger partial charge in [0.1, 0.15) is 12.1 Å². The molecule has 2 aromatic rings. The molecule has 1 N–H and O–H groups in total. The van der Waals surface area contributed by atoms with Crippen LogP contribution in [0.4, 0.5) is 11.6 Å². The van der Waals surface area contributed by atoms with Gasteiger partial charge in [0.2, 0.25) is 17.8 Å². The molecule has 8 heteroatoms. The fraction of sp³-hybridized carbons (Fsp3) is 0.412. The van der Waals surface area contributed by atoms with Gasteiger partial charge in [-0.05, 0) is 37.1 Å². The van der Waals surface area contributed by atoms with Gasteiger partial charge in [0.05, 0.1) is 13.0 Å². The largest absolute Gasteiger partial charge is 0.497 e. The summed E-state index contributed by atoms with van der Waals surface area (Å²) in [5.74, 6) is 0.527. The van der Waals surface area contributed by atoms with E-state index in [2.05, 4.69) is 15.5 Å². The molecule has 1 unspecified atom stereocenters. The Labute approximate surface area is 144 Å². The zero-order chi connectivity index (χ0) is 17.4. The Morgan fingerprint density at radius 2 is 2.04 bits per heavy atom. The van der Waals surface area contributed by atoms with Crippen molar-refractivity contribution in [3.05, 3.63) is 30.6 Å². The molecule has 2 fully saturated rings. The Kier molecular flexibility index (Phi) is 3.87. The predicted molar refractivity (Wildman–Crippen MR) is 90.4 cm³/mol. The number of hydrogen-bond donors (Lipinski definition) is 1. The number of methoxy groups -OCH3 is 1. The van der Waals surface area contributed by atoms with E-state index < -0.39 is 5.92 Å². The molecule has 1 saturated heterocycles. The molecule has 0 bridgehead atoms. The number of aromatic nitrogens is 3. The van der Waals surface area contributed by atoms with Crippen molar-refractivity contribution in [3.8, 4) is 5.75 Å². The summed E-state index contributed by atoms with van der Waals surface area (Å²) >= 11 is 0. The number of carbonyl (C=O) groups is 2. The third kappa shape index (κ3) is 3.07.